The van der Waals surface area contributed by atoms with Gasteiger partial charge in [-0.25, -0.2) is 0 Å². The lowest BCUT2D eigenvalue weighted by Crippen LogP contribution is -2.53. The molecule has 6 nitrogen and oxygen atoms in total. The number of carbonyl (C=O) groups excluding carboxylic acids is 1. The monoisotopic (exact) mass is 834 g/mol. The van der Waals surface area contributed by atoms with Crippen molar-refractivity contribution >= 4 is 5.91 Å². The molecule has 0 fully saturated rings. The van der Waals surface area contributed by atoms with E-state index >= 15 is 0 Å². The van der Waals surface area contributed by atoms with Crippen LogP contribution in [0.15, 0.2) is 24.3 Å². The maximum atomic E-state index is 12.5. The second kappa shape index (κ2) is 47.8. The highest BCUT2D eigenvalue weighted by atomic mass is 16.3. The summed E-state index contributed by atoms with van der Waals surface area (Å²) in [6.07, 6.45) is 56.9. The van der Waals surface area contributed by atoms with E-state index in [1.807, 2.05) is 0 Å². The summed E-state index contributed by atoms with van der Waals surface area (Å²) in [5, 5.41) is 43.7. The Bertz CT molecular complexity index is 893. The number of hydrogen-bond donors (Lipinski definition) is 5. The van der Waals surface area contributed by atoms with E-state index in [9.17, 15) is 25.2 Å². The standard InChI is InChI=1S/C53H103NO5/c1-3-5-7-9-11-13-15-17-18-19-20-21-22-23-24-25-26-27-28-29-30-31-32-33-34-35-37-38-40-42-44-46-50(56)52(58)49(48-55)54-53(59)51(57)47-45-43-41-39-36-16-14-12-10-8-6-4-2/h36,38-40,49-52,55-58H,3-35,37,41-48H2,1-2H3,(H,54,59)/b39-36-,40-38+. The fraction of sp³-hybridized carbons (Fsp3) is 0.906. The molecule has 0 saturated heterocycles. The van der Waals surface area contributed by atoms with Crippen LogP contribution in [0.1, 0.15) is 277 Å². The smallest absolute Gasteiger partial charge is 0.249 e. The Labute approximate surface area is 367 Å². The molecule has 5 N–H and O–H groups in total. The molecule has 4 unspecified atom stereocenters. The number of nitrogens with one attached hydrogen (secondary N) is 1. The highest BCUT2D eigenvalue weighted by Crippen LogP contribution is 2.17. The Hall–Kier alpha value is -1.21. The average Bonchev–Trinajstić information content (AvgIpc) is 3.24. The number of carbonyl (C=O) groups is 1. The van der Waals surface area contributed by atoms with Gasteiger partial charge in [0.2, 0.25) is 5.91 Å². The Morgan fingerprint density at radius 3 is 1.02 bits per heavy atom. The van der Waals surface area contributed by atoms with Gasteiger partial charge in [-0.05, 0) is 64.2 Å². The molecule has 0 bridgehead atoms. The van der Waals surface area contributed by atoms with Gasteiger partial charge in [-0.15, -0.1) is 0 Å². The second-order valence-electron chi connectivity index (χ2n) is 18.2. The number of rotatable bonds is 48. The summed E-state index contributed by atoms with van der Waals surface area (Å²) in [7, 11) is 0. The van der Waals surface area contributed by atoms with Crippen LogP contribution < -0.4 is 5.32 Å². The molecule has 0 aromatic carbocycles. The summed E-state index contributed by atoms with van der Waals surface area (Å²) >= 11 is 0. The van der Waals surface area contributed by atoms with E-state index in [2.05, 4.69) is 43.5 Å². The van der Waals surface area contributed by atoms with E-state index in [0.717, 1.165) is 44.9 Å². The molecule has 0 aromatic rings. The third kappa shape index (κ3) is 41.9. The molecular formula is C53H103NO5. The first-order valence-electron chi connectivity index (χ1n) is 26.2. The zero-order chi connectivity index (χ0) is 43.1. The molecule has 59 heavy (non-hydrogen) atoms. The highest BCUT2D eigenvalue weighted by molar-refractivity contribution is 5.80. The molecule has 0 aliphatic carbocycles. The molecule has 0 spiro atoms. The largest absolute Gasteiger partial charge is 0.394 e. The number of aliphatic hydroxyl groups is 4. The van der Waals surface area contributed by atoms with Crippen LogP contribution in [0.25, 0.3) is 0 Å². The highest BCUT2D eigenvalue weighted by Gasteiger charge is 2.28. The number of amides is 1. The van der Waals surface area contributed by atoms with Gasteiger partial charge in [-0.1, -0.05) is 237 Å². The Morgan fingerprint density at radius 1 is 0.407 bits per heavy atom. The lowest BCUT2D eigenvalue weighted by Gasteiger charge is -2.27. The van der Waals surface area contributed by atoms with Crippen molar-refractivity contribution in [3.05, 3.63) is 24.3 Å². The zero-order valence-corrected chi connectivity index (χ0v) is 39.5. The van der Waals surface area contributed by atoms with Crippen molar-refractivity contribution in [2.45, 2.75) is 301 Å². The minimum atomic E-state index is -1.29. The number of unbranched alkanes of at least 4 members (excludes halogenated alkanes) is 35. The van der Waals surface area contributed by atoms with Crippen molar-refractivity contribution in [3.8, 4) is 0 Å². The predicted octanol–water partition coefficient (Wildman–Crippen LogP) is 14.7. The van der Waals surface area contributed by atoms with Gasteiger partial charge in [0.25, 0.3) is 0 Å². The summed E-state index contributed by atoms with van der Waals surface area (Å²) in [4.78, 5) is 12.5. The van der Waals surface area contributed by atoms with Gasteiger partial charge in [0, 0.05) is 0 Å². The normalized spacial score (nSPS) is 14.1. The molecule has 0 aromatic heterocycles. The van der Waals surface area contributed by atoms with Crippen molar-refractivity contribution in [3.63, 3.8) is 0 Å². The molecule has 6 heteroatoms. The Morgan fingerprint density at radius 2 is 0.695 bits per heavy atom. The predicted molar refractivity (Wildman–Crippen MR) is 256 cm³/mol. The molecule has 0 rings (SSSR count). The van der Waals surface area contributed by atoms with Gasteiger partial charge in [0.15, 0.2) is 0 Å². The number of allylic oxidation sites excluding steroid dienone is 4. The summed E-state index contributed by atoms with van der Waals surface area (Å²) in [5.74, 6) is -0.608. The molecule has 0 aliphatic rings. The van der Waals surface area contributed by atoms with Crippen molar-refractivity contribution in [2.75, 3.05) is 6.61 Å². The van der Waals surface area contributed by atoms with E-state index in [1.165, 1.54) is 205 Å². The molecular weight excluding hydrogens is 731 g/mol. The van der Waals surface area contributed by atoms with E-state index < -0.39 is 36.9 Å². The summed E-state index contributed by atoms with van der Waals surface area (Å²) in [5.41, 5.74) is 0. The average molecular weight is 834 g/mol. The van der Waals surface area contributed by atoms with Crippen molar-refractivity contribution in [2.24, 2.45) is 0 Å². The van der Waals surface area contributed by atoms with Crippen LogP contribution in [0.4, 0.5) is 0 Å². The fourth-order valence-electron chi connectivity index (χ4n) is 8.22. The van der Waals surface area contributed by atoms with Crippen molar-refractivity contribution < 1.29 is 25.2 Å². The first-order valence-corrected chi connectivity index (χ1v) is 26.2. The number of hydrogen-bond acceptors (Lipinski definition) is 5. The minimum Gasteiger partial charge on any atom is -0.394 e. The van der Waals surface area contributed by atoms with Gasteiger partial charge in [-0.3, -0.25) is 4.79 Å². The SMILES string of the molecule is CCCCCCCC/C=C\CCCCC(O)C(=O)NC(CO)C(O)C(O)CCC/C=C/CCCCCCCCCCCCCCCCCCCCCCCCCCCC. The maximum Gasteiger partial charge on any atom is 0.249 e. The summed E-state index contributed by atoms with van der Waals surface area (Å²) in [6, 6.07) is -1.01. The third-order valence-electron chi connectivity index (χ3n) is 12.4. The topological polar surface area (TPSA) is 110 Å². The van der Waals surface area contributed by atoms with E-state index in [4.69, 9.17) is 0 Å². The van der Waals surface area contributed by atoms with Crippen LogP contribution in [0.3, 0.4) is 0 Å². The number of aliphatic hydroxyl groups excluding tert-OH is 4. The Balaban J connectivity index is 3.60. The zero-order valence-electron chi connectivity index (χ0n) is 39.5. The van der Waals surface area contributed by atoms with Gasteiger partial charge < -0.3 is 25.7 Å². The lowest BCUT2D eigenvalue weighted by molar-refractivity contribution is -0.132. The van der Waals surface area contributed by atoms with Gasteiger partial charge >= 0.3 is 0 Å². The van der Waals surface area contributed by atoms with Gasteiger partial charge in [0.05, 0.1) is 18.8 Å². The van der Waals surface area contributed by atoms with Crippen molar-refractivity contribution in [1.29, 1.82) is 0 Å². The quantitative estimate of drug-likeness (QED) is 0.0310. The molecule has 0 radical (unpaired) electrons. The first kappa shape index (κ1) is 57.8. The van der Waals surface area contributed by atoms with E-state index in [-0.39, 0.29) is 0 Å². The first-order chi connectivity index (χ1) is 29.0. The summed E-state index contributed by atoms with van der Waals surface area (Å²) < 4.78 is 0. The van der Waals surface area contributed by atoms with Gasteiger partial charge in [0.1, 0.15) is 12.2 Å². The molecule has 350 valence electrons. The lowest BCUT2D eigenvalue weighted by atomic mass is 10.00. The molecule has 0 saturated carbocycles. The molecule has 4 atom stereocenters. The molecule has 1 amide bonds. The van der Waals surface area contributed by atoms with Crippen LogP contribution in [0.2, 0.25) is 0 Å². The van der Waals surface area contributed by atoms with Crippen LogP contribution in [0, 0.1) is 0 Å². The fourth-order valence-corrected chi connectivity index (χ4v) is 8.22. The Kier molecular flexibility index (Phi) is 46.9. The summed E-state index contributed by atoms with van der Waals surface area (Å²) in [6.45, 7) is 4.03. The van der Waals surface area contributed by atoms with Crippen molar-refractivity contribution in [1.82, 2.24) is 5.32 Å². The van der Waals surface area contributed by atoms with Crippen LogP contribution in [-0.4, -0.2) is 57.3 Å². The van der Waals surface area contributed by atoms with E-state index in [1.54, 1.807) is 0 Å². The van der Waals surface area contributed by atoms with Crippen LogP contribution in [0.5, 0.6) is 0 Å². The molecule has 0 heterocycles. The minimum absolute atomic E-state index is 0.333. The van der Waals surface area contributed by atoms with E-state index in [0.29, 0.717) is 12.8 Å². The van der Waals surface area contributed by atoms with Crippen LogP contribution >= 0.6 is 0 Å². The third-order valence-corrected chi connectivity index (χ3v) is 12.4. The second-order valence-corrected chi connectivity index (χ2v) is 18.2. The maximum absolute atomic E-state index is 12.5. The van der Waals surface area contributed by atoms with Crippen LogP contribution in [-0.2, 0) is 4.79 Å². The molecule has 0 aliphatic heterocycles. The van der Waals surface area contributed by atoms with Gasteiger partial charge in [-0.2, -0.15) is 0 Å².